The lowest BCUT2D eigenvalue weighted by Crippen LogP contribution is -2.40. The smallest absolute Gasteiger partial charge is 0.338 e. The van der Waals surface area contributed by atoms with Crippen LogP contribution in [0.1, 0.15) is 49.4 Å². The molecule has 0 unspecified atom stereocenters. The van der Waals surface area contributed by atoms with Gasteiger partial charge in [-0.2, -0.15) is 0 Å². The molecule has 45 heavy (non-hydrogen) atoms. The fourth-order valence-electron chi connectivity index (χ4n) is 5.15. The van der Waals surface area contributed by atoms with Crippen molar-refractivity contribution in [3.05, 3.63) is 119 Å². The molecule has 0 spiro atoms. The lowest BCUT2D eigenvalue weighted by atomic mass is 9.93. The van der Waals surface area contributed by atoms with E-state index in [4.69, 9.17) is 35.5 Å². The molecule has 234 valence electrons. The molecule has 1 aliphatic rings. The van der Waals surface area contributed by atoms with Crippen molar-refractivity contribution in [2.45, 2.75) is 39.3 Å². The highest BCUT2D eigenvalue weighted by molar-refractivity contribution is 7.07. The van der Waals surface area contributed by atoms with Crippen LogP contribution in [0, 0.1) is 5.82 Å². The van der Waals surface area contributed by atoms with Gasteiger partial charge in [-0.25, -0.2) is 14.2 Å². The number of aromatic nitrogens is 1. The van der Waals surface area contributed by atoms with Crippen molar-refractivity contribution in [3.63, 3.8) is 0 Å². The molecule has 11 heteroatoms. The van der Waals surface area contributed by atoms with Crippen molar-refractivity contribution in [1.82, 2.24) is 4.57 Å². The zero-order valence-corrected chi connectivity index (χ0v) is 26.8. The van der Waals surface area contributed by atoms with Gasteiger partial charge >= 0.3 is 5.97 Å². The van der Waals surface area contributed by atoms with E-state index in [1.165, 1.54) is 36.2 Å². The van der Waals surface area contributed by atoms with Gasteiger partial charge in [0.2, 0.25) is 0 Å². The van der Waals surface area contributed by atoms with Gasteiger partial charge in [-0.3, -0.25) is 9.36 Å². The van der Waals surface area contributed by atoms with Crippen molar-refractivity contribution in [2.75, 3.05) is 20.8 Å². The van der Waals surface area contributed by atoms with Crippen LogP contribution in [0.25, 0.3) is 6.08 Å². The van der Waals surface area contributed by atoms with Gasteiger partial charge in [0.25, 0.3) is 5.56 Å². The van der Waals surface area contributed by atoms with Gasteiger partial charge in [0, 0.05) is 16.1 Å². The van der Waals surface area contributed by atoms with E-state index in [1.54, 1.807) is 67.6 Å². The van der Waals surface area contributed by atoms with Crippen molar-refractivity contribution in [2.24, 2.45) is 4.99 Å². The number of thiazole rings is 1. The zero-order valence-electron chi connectivity index (χ0n) is 25.3. The number of allylic oxidation sites excluding steroid dienone is 1. The summed E-state index contributed by atoms with van der Waals surface area (Å²) in [7, 11) is 3.03. The van der Waals surface area contributed by atoms with E-state index < -0.39 is 12.0 Å². The third-order valence-corrected chi connectivity index (χ3v) is 8.42. The van der Waals surface area contributed by atoms with Gasteiger partial charge in [-0.1, -0.05) is 60.5 Å². The molecule has 1 aliphatic heterocycles. The molecule has 3 aromatic carbocycles. The molecule has 0 N–H and O–H groups in total. The number of esters is 1. The third kappa shape index (κ3) is 6.67. The summed E-state index contributed by atoms with van der Waals surface area (Å²) in [5, 5.41) is 0.426. The minimum atomic E-state index is -0.874. The number of halogens is 2. The molecule has 0 radical (unpaired) electrons. The number of methoxy groups -OCH3 is 2. The number of benzene rings is 3. The number of ether oxygens (including phenoxy) is 4. The predicted octanol–water partition coefficient (Wildman–Crippen LogP) is 5.97. The number of fused-ring (bicyclic) bond motifs is 1. The van der Waals surface area contributed by atoms with Crippen LogP contribution in [0.4, 0.5) is 4.39 Å². The van der Waals surface area contributed by atoms with Crippen LogP contribution in [0.2, 0.25) is 5.02 Å². The maximum absolute atomic E-state index is 14.1. The standard InChI is InChI=1S/C34H32ClFN2O6S/c1-5-9-25-30(33(40)43-6-2)31(23-18-22(35)13-15-26(23)41-3)38-32(39)29(45-34(38)37-25)17-20-12-14-27(28(16-20)42-4)44-19-21-10-7-8-11-24(21)36/h7-8,10-18,31H,5-6,9,19H2,1-4H3/b29-17+/t31-/m0/s1. The Bertz CT molecular complexity index is 1950. The van der Waals surface area contributed by atoms with E-state index in [-0.39, 0.29) is 30.2 Å². The Morgan fingerprint density at radius 1 is 1.04 bits per heavy atom. The van der Waals surface area contributed by atoms with Crippen LogP contribution in [0.5, 0.6) is 17.2 Å². The molecule has 1 atom stereocenters. The van der Waals surface area contributed by atoms with Gasteiger partial charge in [0.1, 0.15) is 24.2 Å². The van der Waals surface area contributed by atoms with Crippen LogP contribution in [-0.4, -0.2) is 31.4 Å². The zero-order chi connectivity index (χ0) is 32.1. The van der Waals surface area contributed by atoms with E-state index in [0.29, 0.717) is 60.4 Å². The molecule has 0 fully saturated rings. The molecule has 0 saturated heterocycles. The molecule has 4 aromatic rings. The minimum absolute atomic E-state index is 0.0246. The summed E-state index contributed by atoms with van der Waals surface area (Å²) in [4.78, 5) is 32.8. The second-order valence-electron chi connectivity index (χ2n) is 10.1. The molecular formula is C34H32ClFN2O6S. The summed E-state index contributed by atoms with van der Waals surface area (Å²) in [5.74, 6) is 0.404. The van der Waals surface area contributed by atoms with Gasteiger partial charge in [-0.05, 0) is 61.4 Å². The summed E-state index contributed by atoms with van der Waals surface area (Å²) in [6, 6.07) is 15.8. The van der Waals surface area contributed by atoms with Crippen LogP contribution in [0.15, 0.2) is 81.7 Å². The first-order valence-corrected chi connectivity index (χ1v) is 15.6. The van der Waals surface area contributed by atoms with Crippen LogP contribution < -0.4 is 29.1 Å². The summed E-state index contributed by atoms with van der Waals surface area (Å²) in [5.41, 5.74) is 2.11. The second kappa shape index (κ2) is 14.1. The lowest BCUT2D eigenvalue weighted by Gasteiger charge is -2.27. The van der Waals surface area contributed by atoms with Crippen LogP contribution >= 0.6 is 22.9 Å². The molecule has 5 rings (SSSR count). The van der Waals surface area contributed by atoms with Gasteiger partial charge in [0.05, 0.1) is 36.6 Å². The maximum atomic E-state index is 14.1. The van der Waals surface area contributed by atoms with Crippen molar-refractivity contribution in [3.8, 4) is 17.2 Å². The van der Waals surface area contributed by atoms with E-state index in [9.17, 15) is 14.0 Å². The second-order valence-corrected chi connectivity index (χ2v) is 11.5. The van der Waals surface area contributed by atoms with Gasteiger partial charge in [-0.15, -0.1) is 0 Å². The number of hydrogen-bond donors (Lipinski definition) is 0. The predicted molar refractivity (Wildman–Crippen MR) is 171 cm³/mol. The summed E-state index contributed by atoms with van der Waals surface area (Å²) in [6.45, 7) is 3.91. The maximum Gasteiger partial charge on any atom is 0.338 e. The Kier molecular flexibility index (Phi) is 10.0. The molecule has 2 heterocycles. The first kappa shape index (κ1) is 32.0. The van der Waals surface area contributed by atoms with E-state index in [1.807, 2.05) is 6.92 Å². The molecule has 0 aliphatic carbocycles. The van der Waals surface area contributed by atoms with Crippen LogP contribution in [-0.2, 0) is 16.1 Å². The summed E-state index contributed by atoms with van der Waals surface area (Å²) < 4.78 is 38.5. The minimum Gasteiger partial charge on any atom is -0.496 e. The SMILES string of the molecule is CCCC1=C(C(=O)OCC)[C@H](c2cc(Cl)ccc2OC)n2c(s/c(=C/c3ccc(OCc4ccccc4F)c(OC)c3)c2=O)=N1. The molecule has 8 nitrogen and oxygen atoms in total. The highest BCUT2D eigenvalue weighted by atomic mass is 35.5. The van der Waals surface area contributed by atoms with Crippen molar-refractivity contribution >= 4 is 35.0 Å². The highest BCUT2D eigenvalue weighted by Crippen LogP contribution is 2.38. The van der Waals surface area contributed by atoms with Crippen LogP contribution in [0.3, 0.4) is 0 Å². The topological polar surface area (TPSA) is 88.4 Å². The average Bonchev–Trinajstić information content (AvgIpc) is 3.34. The van der Waals surface area contributed by atoms with Gasteiger partial charge < -0.3 is 18.9 Å². The molecular weight excluding hydrogens is 619 g/mol. The monoisotopic (exact) mass is 650 g/mol. The Morgan fingerprint density at radius 2 is 1.80 bits per heavy atom. The number of hydrogen-bond acceptors (Lipinski definition) is 8. The molecule has 0 saturated carbocycles. The Balaban J connectivity index is 1.62. The number of nitrogens with zero attached hydrogens (tertiary/aromatic N) is 2. The number of carbonyl (C=O) groups excluding carboxylic acids is 1. The lowest BCUT2D eigenvalue weighted by molar-refractivity contribution is -0.139. The first-order chi connectivity index (χ1) is 21.8. The van der Waals surface area contributed by atoms with E-state index in [2.05, 4.69) is 0 Å². The fourth-order valence-corrected chi connectivity index (χ4v) is 6.35. The largest absolute Gasteiger partial charge is 0.496 e. The molecule has 0 amide bonds. The summed E-state index contributed by atoms with van der Waals surface area (Å²) in [6.07, 6.45) is 2.96. The highest BCUT2D eigenvalue weighted by Gasteiger charge is 2.36. The Labute approximate surface area is 268 Å². The Hall–Kier alpha value is -4.41. The fraction of sp³-hybridized carbons (Fsp3) is 0.265. The molecule has 1 aromatic heterocycles. The van der Waals surface area contributed by atoms with E-state index in [0.717, 1.165) is 6.42 Å². The number of rotatable bonds is 11. The Morgan fingerprint density at radius 3 is 2.51 bits per heavy atom. The first-order valence-electron chi connectivity index (χ1n) is 14.4. The van der Waals surface area contributed by atoms with Crippen molar-refractivity contribution in [1.29, 1.82) is 0 Å². The quantitative estimate of drug-likeness (QED) is 0.186. The third-order valence-electron chi connectivity index (χ3n) is 7.20. The number of carbonyl (C=O) groups is 1. The normalized spacial score (nSPS) is 14.5. The molecule has 0 bridgehead atoms. The summed E-state index contributed by atoms with van der Waals surface area (Å²) >= 11 is 7.63. The van der Waals surface area contributed by atoms with E-state index >= 15 is 0 Å². The average molecular weight is 651 g/mol. The van der Waals surface area contributed by atoms with Crippen molar-refractivity contribution < 1.29 is 28.1 Å². The van der Waals surface area contributed by atoms with Gasteiger partial charge in [0.15, 0.2) is 16.3 Å².